The number of aliphatic carboxylic acids is 1. The van der Waals surface area contributed by atoms with Gasteiger partial charge in [0.15, 0.2) is 0 Å². The van der Waals surface area contributed by atoms with Gasteiger partial charge in [-0.2, -0.15) is 0 Å². The quantitative estimate of drug-likeness (QED) is 0.837. The number of halogens is 1. The number of hydrogen-bond acceptors (Lipinski definition) is 4. The summed E-state index contributed by atoms with van der Waals surface area (Å²) in [6.45, 7) is 0. The van der Waals surface area contributed by atoms with E-state index in [1.165, 1.54) is 6.07 Å². The Morgan fingerprint density at radius 2 is 2.26 bits per heavy atom. The van der Waals surface area contributed by atoms with E-state index in [-0.39, 0.29) is 12.0 Å². The van der Waals surface area contributed by atoms with Crippen LogP contribution in [0.2, 0.25) is 0 Å². The van der Waals surface area contributed by atoms with Gasteiger partial charge in [0.2, 0.25) is 0 Å². The van der Waals surface area contributed by atoms with Crippen LogP contribution in [0.5, 0.6) is 0 Å². The van der Waals surface area contributed by atoms with Crippen molar-refractivity contribution in [2.24, 2.45) is 4.99 Å². The van der Waals surface area contributed by atoms with Gasteiger partial charge >= 0.3 is 5.97 Å². The molecule has 0 spiro atoms. The lowest BCUT2D eigenvalue weighted by atomic mass is 10.1. The maximum Gasteiger partial charge on any atom is 0.322 e. The first-order valence-electron chi connectivity index (χ1n) is 5.93. The molecule has 5 nitrogen and oxygen atoms in total. The summed E-state index contributed by atoms with van der Waals surface area (Å²) in [5, 5.41) is 10.6. The van der Waals surface area contributed by atoms with E-state index in [1.54, 1.807) is 35.5 Å². The van der Waals surface area contributed by atoms with Crippen molar-refractivity contribution in [1.82, 2.24) is 10.4 Å². The van der Waals surface area contributed by atoms with Crippen LogP contribution in [0, 0.1) is 5.82 Å². The van der Waals surface area contributed by atoms with Crippen molar-refractivity contribution in [2.45, 2.75) is 18.6 Å². The smallest absolute Gasteiger partial charge is 0.322 e. The molecule has 0 bridgehead atoms. The van der Waals surface area contributed by atoms with E-state index in [0.717, 1.165) is 0 Å². The first kappa shape index (κ1) is 11.9. The molecule has 98 valence electrons. The molecule has 1 saturated heterocycles. The summed E-state index contributed by atoms with van der Waals surface area (Å²) in [5.41, 5.74) is 3.79. The van der Waals surface area contributed by atoms with E-state index in [0.29, 0.717) is 17.7 Å². The summed E-state index contributed by atoms with van der Waals surface area (Å²) >= 11 is 0. The van der Waals surface area contributed by atoms with E-state index >= 15 is 0 Å². The van der Waals surface area contributed by atoms with Gasteiger partial charge in [-0.15, -0.1) is 0 Å². The lowest BCUT2D eigenvalue weighted by molar-refractivity contribution is -0.139. The maximum absolute atomic E-state index is 13.7. The maximum atomic E-state index is 13.7. The minimum absolute atomic E-state index is 0.305. The molecular formula is C13H12FN3O2. The number of nitrogens with zero attached hydrogens (tertiary/aromatic N) is 2. The van der Waals surface area contributed by atoms with E-state index in [1.807, 2.05) is 0 Å². The lowest BCUT2D eigenvalue weighted by Crippen LogP contribution is -2.39. The zero-order chi connectivity index (χ0) is 13.4. The van der Waals surface area contributed by atoms with Crippen molar-refractivity contribution in [3.05, 3.63) is 47.9 Å². The van der Waals surface area contributed by atoms with Gasteiger partial charge in [0.25, 0.3) is 0 Å². The Balaban J connectivity index is 1.88. The van der Waals surface area contributed by atoms with Crippen LogP contribution >= 0.6 is 0 Å². The SMILES string of the molecule is O=C(O)C1CC2N=C(c3ccccc3F)C=CN2N1. The molecule has 0 radical (unpaired) electrons. The fourth-order valence-electron chi connectivity index (χ4n) is 2.24. The minimum atomic E-state index is -0.912. The zero-order valence-corrected chi connectivity index (χ0v) is 9.95. The van der Waals surface area contributed by atoms with E-state index in [4.69, 9.17) is 5.11 Å². The molecule has 1 fully saturated rings. The van der Waals surface area contributed by atoms with Crippen molar-refractivity contribution < 1.29 is 14.3 Å². The van der Waals surface area contributed by atoms with Crippen molar-refractivity contribution in [1.29, 1.82) is 0 Å². The van der Waals surface area contributed by atoms with Crippen LogP contribution in [0.3, 0.4) is 0 Å². The summed E-state index contributed by atoms with van der Waals surface area (Å²) in [6, 6.07) is 5.75. The number of hydrazine groups is 1. The summed E-state index contributed by atoms with van der Waals surface area (Å²) < 4.78 is 13.7. The number of rotatable bonds is 2. The third-order valence-electron chi connectivity index (χ3n) is 3.20. The molecule has 2 aliphatic heterocycles. The summed E-state index contributed by atoms with van der Waals surface area (Å²) in [7, 11) is 0. The highest BCUT2D eigenvalue weighted by molar-refractivity contribution is 6.09. The summed E-state index contributed by atoms with van der Waals surface area (Å²) in [4.78, 5) is 15.3. The Kier molecular flexibility index (Phi) is 2.79. The first-order valence-corrected chi connectivity index (χ1v) is 5.93. The van der Waals surface area contributed by atoms with Crippen LogP contribution in [-0.4, -0.2) is 34.0 Å². The number of carbonyl (C=O) groups is 1. The molecule has 3 rings (SSSR count). The molecule has 0 aliphatic carbocycles. The van der Waals surface area contributed by atoms with Gasteiger partial charge < -0.3 is 5.11 Å². The van der Waals surface area contributed by atoms with Gasteiger partial charge in [0.05, 0.1) is 5.71 Å². The fourth-order valence-corrected chi connectivity index (χ4v) is 2.24. The molecule has 1 aromatic carbocycles. The molecule has 2 heterocycles. The highest BCUT2D eigenvalue weighted by atomic mass is 19.1. The van der Waals surface area contributed by atoms with Crippen LogP contribution in [-0.2, 0) is 4.79 Å². The average molecular weight is 261 g/mol. The second-order valence-corrected chi connectivity index (χ2v) is 4.45. The molecule has 0 saturated carbocycles. The lowest BCUT2D eigenvalue weighted by Gasteiger charge is -2.23. The first-order chi connectivity index (χ1) is 9.15. The van der Waals surface area contributed by atoms with Gasteiger partial charge in [0, 0.05) is 18.2 Å². The van der Waals surface area contributed by atoms with Gasteiger partial charge in [-0.1, -0.05) is 12.1 Å². The molecule has 2 atom stereocenters. The number of hydrogen-bond donors (Lipinski definition) is 2. The Hall–Kier alpha value is -2.21. The molecule has 2 unspecified atom stereocenters. The van der Waals surface area contributed by atoms with Crippen LogP contribution < -0.4 is 5.43 Å². The monoisotopic (exact) mass is 261 g/mol. The van der Waals surface area contributed by atoms with E-state index < -0.39 is 12.0 Å². The number of benzene rings is 1. The Bertz CT molecular complexity index is 585. The van der Waals surface area contributed by atoms with Crippen molar-refractivity contribution in [2.75, 3.05) is 0 Å². The van der Waals surface area contributed by atoms with Crippen LogP contribution in [0.1, 0.15) is 12.0 Å². The minimum Gasteiger partial charge on any atom is -0.480 e. The van der Waals surface area contributed by atoms with Crippen molar-refractivity contribution in [3.8, 4) is 0 Å². The molecule has 0 amide bonds. The van der Waals surface area contributed by atoms with Crippen molar-refractivity contribution in [3.63, 3.8) is 0 Å². The number of nitrogens with one attached hydrogen (secondary N) is 1. The fraction of sp³-hybridized carbons (Fsp3) is 0.231. The number of allylic oxidation sites excluding steroid dienone is 1. The number of aliphatic imine (C=N–C) groups is 1. The molecule has 2 N–H and O–H groups in total. The molecule has 0 aromatic heterocycles. The second kappa shape index (κ2) is 4.47. The molecular weight excluding hydrogens is 249 g/mol. The topological polar surface area (TPSA) is 64.9 Å². The van der Waals surface area contributed by atoms with Gasteiger partial charge in [-0.05, 0) is 18.2 Å². The third kappa shape index (κ3) is 2.10. The van der Waals surface area contributed by atoms with Gasteiger partial charge in [-0.3, -0.25) is 14.8 Å². The summed E-state index contributed by atoms with van der Waals surface area (Å²) in [5.74, 6) is -1.24. The largest absolute Gasteiger partial charge is 0.480 e. The molecule has 2 aliphatic rings. The van der Waals surface area contributed by atoms with Crippen LogP contribution in [0.25, 0.3) is 0 Å². The predicted octanol–water partition coefficient (Wildman–Crippen LogP) is 1.13. The van der Waals surface area contributed by atoms with E-state index in [2.05, 4.69) is 10.4 Å². The van der Waals surface area contributed by atoms with E-state index in [9.17, 15) is 9.18 Å². The Morgan fingerprint density at radius 1 is 1.47 bits per heavy atom. The molecule has 1 aromatic rings. The van der Waals surface area contributed by atoms with Crippen LogP contribution in [0.15, 0.2) is 41.5 Å². The van der Waals surface area contributed by atoms with Crippen LogP contribution in [0.4, 0.5) is 4.39 Å². The van der Waals surface area contributed by atoms with Crippen molar-refractivity contribution >= 4 is 11.7 Å². The van der Waals surface area contributed by atoms with Gasteiger partial charge in [-0.25, -0.2) is 9.82 Å². The highest BCUT2D eigenvalue weighted by Crippen LogP contribution is 2.22. The molecule has 19 heavy (non-hydrogen) atoms. The number of carboxylic acids is 1. The summed E-state index contributed by atoms with van der Waals surface area (Å²) in [6.07, 6.45) is 3.42. The highest BCUT2D eigenvalue weighted by Gasteiger charge is 2.35. The number of carboxylic acid groups (broad SMARTS) is 1. The van der Waals surface area contributed by atoms with Gasteiger partial charge in [0.1, 0.15) is 18.0 Å². The Morgan fingerprint density at radius 3 is 3.00 bits per heavy atom. The number of fused-ring (bicyclic) bond motifs is 1. The predicted molar refractivity (Wildman–Crippen MR) is 66.9 cm³/mol. The standard InChI is InChI=1S/C13H12FN3O2/c14-9-4-2-1-3-8(9)10-5-6-17-12(15-10)7-11(16-17)13(18)19/h1-6,11-12,16H,7H2,(H,18,19). The normalized spacial score (nSPS) is 25.1. The zero-order valence-electron chi connectivity index (χ0n) is 9.95. The second-order valence-electron chi connectivity index (χ2n) is 4.45. The third-order valence-corrected chi connectivity index (χ3v) is 3.20. The molecule has 6 heteroatoms. The Labute approximate surface area is 109 Å². The average Bonchev–Trinajstić information content (AvgIpc) is 2.82.